The number of benzene rings is 3. The van der Waals surface area contributed by atoms with E-state index in [1.54, 1.807) is 42.5 Å². The molecule has 2 N–H and O–H groups in total. The van der Waals surface area contributed by atoms with Crippen LogP contribution < -0.4 is 10.6 Å². The third-order valence-electron chi connectivity index (χ3n) is 4.10. The summed E-state index contributed by atoms with van der Waals surface area (Å²) in [4.78, 5) is 24.6. The molecule has 130 valence electrons. The minimum Gasteiger partial charge on any atom is -0.322 e. The molecular weight excluding hydrogens is 324 g/mol. The monoisotopic (exact) mass is 344 g/mol. The van der Waals surface area contributed by atoms with E-state index >= 15 is 0 Å². The molecule has 0 saturated carbocycles. The van der Waals surface area contributed by atoms with E-state index in [4.69, 9.17) is 0 Å². The van der Waals surface area contributed by atoms with Gasteiger partial charge in [0.1, 0.15) is 0 Å². The largest absolute Gasteiger partial charge is 0.322 e. The molecule has 26 heavy (non-hydrogen) atoms. The van der Waals surface area contributed by atoms with Crippen LogP contribution in [0.1, 0.15) is 31.8 Å². The molecular formula is C22H20N2O2. The highest BCUT2D eigenvalue weighted by Crippen LogP contribution is 2.17. The standard InChI is InChI=1S/C22H20N2O2/c1-15-7-9-17(10-8-15)21(25)23-18-11-13-19(14-12-18)24-22(26)20-6-4-3-5-16(20)2/h3-14H,1-2H3,(H,23,25)(H,24,26). The highest BCUT2D eigenvalue weighted by molar-refractivity contribution is 6.06. The van der Waals surface area contributed by atoms with Crippen molar-refractivity contribution in [2.24, 2.45) is 0 Å². The Morgan fingerprint density at radius 1 is 0.654 bits per heavy atom. The van der Waals surface area contributed by atoms with E-state index < -0.39 is 0 Å². The average Bonchev–Trinajstić information content (AvgIpc) is 2.64. The lowest BCUT2D eigenvalue weighted by Crippen LogP contribution is -2.14. The number of rotatable bonds is 4. The molecule has 0 heterocycles. The van der Waals surface area contributed by atoms with Crippen molar-refractivity contribution in [2.75, 3.05) is 10.6 Å². The third-order valence-corrected chi connectivity index (χ3v) is 4.10. The number of carbonyl (C=O) groups is 2. The number of hydrogen-bond donors (Lipinski definition) is 2. The Kier molecular flexibility index (Phi) is 5.13. The second kappa shape index (κ2) is 7.66. The summed E-state index contributed by atoms with van der Waals surface area (Å²) in [5.41, 5.74) is 4.62. The molecule has 0 bridgehead atoms. The molecule has 3 rings (SSSR count). The number of anilines is 2. The van der Waals surface area contributed by atoms with Crippen molar-refractivity contribution in [2.45, 2.75) is 13.8 Å². The van der Waals surface area contributed by atoms with Crippen molar-refractivity contribution >= 4 is 23.2 Å². The lowest BCUT2D eigenvalue weighted by Gasteiger charge is -2.09. The van der Waals surface area contributed by atoms with Gasteiger partial charge >= 0.3 is 0 Å². The lowest BCUT2D eigenvalue weighted by molar-refractivity contribution is 0.101. The van der Waals surface area contributed by atoms with E-state index in [1.807, 2.05) is 44.2 Å². The normalized spacial score (nSPS) is 10.2. The van der Waals surface area contributed by atoms with Gasteiger partial charge in [-0.1, -0.05) is 35.9 Å². The number of carbonyl (C=O) groups excluding carboxylic acids is 2. The molecule has 0 aliphatic carbocycles. The highest BCUT2D eigenvalue weighted by atomic mass is 16.2. The Morgan fingerprint density at radius 2 is 1.19 bits per heavy atom. The van der Waals surface area contributed by atoms with Gasteiger partial charge in [0.15, 0.2) is 0 Å². The van der Waals surface area contributed by atoms with Crippen LogP contribution in [0.15, 0.2) is 72.8 Å². The third kappa shape index (κ3) is 4.16. The molecule has 0 aliphatic rings. The van der Waals surface area contributed by atoms with E-state index in [0.717, 1.165) is 11.1 Å². The fourth-order valence-electron chi connectivity index (χ4n) is 2.57. The van der Waals surface area contributed by atoms with Crippen LogP contribution in [0.2, 0.25) is 0 Å². The molecule has 0 saturated heterocycles. The Labute approximate surface area is 152 Å². The fourth-order valence-corrected chi connectivity index (χ4v) is 2.57. The average molecular weight is 344 g/mol. The first-order valence-corrected chi connectivity index (χ1v) is 8.38. The molecule has 0 spiro atoms. The van der Waals surface area contributed by atoms with E-state index in [9.17, 15) is 9.59 Å². The number of amides is 2. The molecule has 0 fully saturated rings. The van der Waals surface area contributed by atoms with Crippen molar-refractivity contribution < 1.29 is 9.59 Å². The smallest absolute Gasteiger partial charge is 0.255 e. The second-order valence-electron chi connectivity index (χ2n) is 6.17. The van der Waals surface area contributed by atoms with E-state index in [2.05, 4.69) is 10.6 Å². The quantitative estimate of drug-likeness (QED) is 0.714. The van der Waals surface area contributed by atoms with Crippen LogP contribution in [0.3, 0.4) is 0 Å². The zero-order valence-electron chi connectivity index (χ0n) is 14.7. The maximum Gasteiger partial charge on any atom is 0.255 e. The van der Waals surface area contributed by atoms with Gasteiger partial charge in [-0.15, -0.1) is 0 Å². The lowest BCUT2D eigenvalue weighted by atomic mass is 10.1. The first-order chi connectivity index (χ1) is 12.5. The molecule has 3 aromatic rings. The summed E-state index contributed by atoms with van der Waals surface area (Å²) in [5, 5.41) is 5.71. The van der Waals surface area contributed by atoms with Gasteiger partial charge < -0.3 is 10.6 Å². The highest BCUT2D eigenvalue weighted by Gasteiger charge is 2.09. The van der Waals surface area contributed by atoms with Gasteiger partial charge in [-0.2, -0.15) is 0 Å². The maximum atomic E-state index is 12.3. The van der Waals surface area contributed by atoms with Crippen molar-refractivity contribution in [1.29, 1.82) is 0 Å². The first-order valence-electron chi connectivity index (χ1n) is 8.38. The number of hydrogen-bond acceptors (Lipinski definition) is 2. The Hall–Kier alpha value is -3.40. The van der Waals surface area contributed by atoms with E-state index in [-0.39, 0.29) is 11.8 Å². The van der Waals surface area contributed by atoms with Gasteiger partial charge in [-0.05, 0) is 61.9 Å². The van der Waals surface area contributed by atoms with Crippen molar-refractivity contribution in [1.82, 2.24) is 0 Å². The van der Waals surface area contributed by atoms with Crippen LogP contribution in [0.4, 0.5) is 11.4 Å². The summed E-state index contributed by atoms with van der Waals surface area (Å²) in [6.45, 7) is 3.88. The zero-order chi connectivity index (χ0) is 18.5. The molecule has 0 aromatic heterocycles. The molecule has 2 amide bonds. The SMILES string of the molecule is Cc1ccc(C(=O)Nc2ccc(NC(=O)c3ccccc3C)cc2)cc1. The van der Waals surface area contributed by atoms with Crippen LogP contribution in [-0.4, -0.2) is 11.8 Å². The molecule has 0 aliphatic heterocycles. The molecule has 4 nitrogen and oxygen atoms in total. The molecule has 3 aromatic carbocycles. The Bertz CT molecular complexity index is 929. The van der Waals surface area contributed by atoms with Crippen molar-refractivity contribution in [3.8, 4) is 0 Å². The molecule has 0 radical (unpaired) electrons. The van der Waals surface area contributed by atoms with Crippen LogP contribution in [0.25, 0.3) is 0 Å². The minimum atomic E-state index is -0.165. The fraction of sp³-hybridized carbons (Fsp3) is 0.0909. The van der Waals surface area contributed by atoms with Gasteiger partial charge in [0.05, 0.1) is 0 Å². The number of nitrogens with one attached hydrogen (secondary N) is 2. The molecule has 4 heteroatoms. The van der Waals surface area contributed by atoms with Crippen LogP contribution in [0.5, 0.6) is 0 Å². The summed E-state index contributed by atoms with van der Waals surface area (Å²) >= 11 is 0. The summed E-state index contributed by atoms with van der Waals surface area (Å²) < 4.78 is 0. The summed E-state index contributed by atoms with van der Waals surface area (Å²) in [6.07, 6.45) is 0. The maximum absolute atomic E-state index is 12.3. The first kappa shape index (κ1) is 17.4. The van der Waals surface area contributed by atoms with Crippen LogP contribution in [0, 0.1) is 13.8 Å². The van der Waals surface area contributed by atoms with Crippen molar-refractivity contribution in [3.05, 3.63) is 95.1 Å². The second-order valence-corrected chi connectivity index (χ2v) is 6.17. The zero-order valence-corrected chi connectivity index (χ0v) is 14.7. The van der Waals surface area contributed by atoms with E-state index in [0.29, 0.717) is 22.5 Å². The predicted molar refractivity (Wildman–Crippen MR) is 105 cm³/mol. The summed E-state index contributed by atoms with van der Waals surface area (Å²) in [7, 11) is 0. The van der Waals surface area contributed by atoms with Gasteiger partial charge in [0.2, 0.25) is 0 Å². The predicted octanol–water partition coefficient (Wildman–Crippen LogP) is 4.81. The minimum absolute atomic E-state index is 0.153. The Balaban J connectivity index is 1.65. The topological polar surface area (TPSA) is 58.2 Å². The van der Waals surface area contributed by atoms with Crippen LogP contribution >= 0.6 is 0 Å². The van der Waals surface area contributed by atoms with Gasteiger partial charge in [0, 0.05) is 22.5 Å². The van der Waals surface area contributed by atoms with Crippen LogP contribution in [-0.2, 0) is 0 Å². The van der Waals surface area contributed by atoms with Gasteiger partial charge in [0.25, 0.3) is 11.8 Å². The number of aryl methyl sites for hydroxylation is 2. The Morgan fingerprint density at radius 3 is 1.77 bits per heavy atom. The summed E-state index contributed by atoms with van der Waals surface area (Å²) in [6, 6.07) is 21.9. The van der Waals surface area contributed by atoms with Gasteiger partial charge in [-0.3, -0.25) is 9.59 Å². The van der Waals surface area contributed by atoms with Crippen molar-refractivity contribution in [3.63, 3.8) is 0 Å². The summed E-state index contributed by atoms with van der Waals surface area (Å²) in [5.74, 6) is -0.318. The van der Waals surface area contributed by atoms with Gasteiger partial charge in [-0.25, -0.2) is 0 Å². The molecule has 0 atom stereocenters. The van der Waals surface area contributed by atoms with E-state index in [1.165, 1.54) is 0 Å². The molecule has 0 unspecified atom stereocenters.